The van der Waals surface area contributed by atoms with Crippen LogP contribution in [0.15, 0.2) is 30.5 Å². The minimum atomic E-state index is 0.143. The molecule has 27 heavy (non-hydrogen) atoms. The van der Waals surface area contributed by atoms with Crippen LogP contribution in [0.25, 0.3) is 0 Å². The van der Waals surface area contributed by atoms with Gasteiger partial charge >= 0.3 is 0 Å². The Morgan fingerprint density at radius 2 is 1.78 bits per heavy atom. The molecule has 0 saturated carbocycles. The Balaban J connectivity index is 1.59. The van der Waals surface area contributed by atoms with Crippen molar-refractivity contribution in [1.29, 1.82) is 0 Å². The van der Waals surface area contributed by atoms with Crippen LogP contribution in [0.2, 0.25) is 0 Å². The monoisotopic (exact) mass is 365 g/mol. The summed E-state index contributed by atoms with van der Waals surface area (Å²) in [6.07, 6.45) is 4.29. The number of hydrogen-bond donors (Lipinski definition) is 0. The van der Waals surface area contributed by atoms with Crippen molar-refractivity contribution in [2.24, 2.45) is 11.8 Å². The van der Waals surface area contributed by atoms with Crippen molar-refractivity contribution in [3.63, 3.8) is 0 Å². The zero-order valence-corrected chi connectivity index (χ0v) is 16.3. The van der Waals surface area contributed by atoms with Gasteiger partial charge in [0.2, 0.25) is 5.95 Å². The lowest BCUT2D eigenvalue weighted by atomic mass is 9.82. The highest BCUT2D eigenvalue weighted by molar-refractivity contribution is 5.98. The molecular weight excluding hydrogens is 338 g/mol. The van der Waals surface area contributed by atoms with E-state index in [1.165, 1.54) is 6.42 Å². The molecule has 142 valence electrons. The fraction of sp³-hybridized carbons (Fsp3) is 0.500. The van der Waals surface area contributed by atoms with Crippen molar-refractivity contribution < 1.29 is 9.53 Å². The Kier molecular flexibility index (Phi) is 4.85. The van der Waals surface area contributed by atoms with Crippen LogP contribution in [-0.4, -0.2) is 36.0 Å². The molecule has 0 radical (unpaired) electrons. The molecule has 1 aliphatic heterocycles. The molecule has 1 aromatic carbocycles. The molecule has 2 aromatic rings. The van der Waals surface area contributed by atoms with Crippen LogP contribution in [0.1, 0.15) is 54.2 Å². The first-order chi connectivity index (χ1) is 13.0. The predicted octanol–water partition coefficient (Wildman–Crippen LogP) is 3.88. The highest BCUT2D eigenvalue weighted by Gasteiger charge is 2.30. The summed E-state index contributed by atoms with van der Waals surface area (Å²) in [7, 11) is 1.66. The molecule has 3 unspecified atom stereocenters. The number of benzene rings is 1. The minimum absolute atomic E-state index is 0.143. The van der Waals surface area contributed by atoms with Gasteiger partial charge in [-0.1, -0.05) is 26.0 Å². The molecule has 1 saturated heterocycles. The second-order valence-electron chi connectivity index (χ2n) is 8.18. The SMILES string of the molecule is COc1ccc(C2CC(=O)c3cnc(N4CC(C)CC(C)C4)nc3C2)cc1. The summed E-state index contributed by atoms with van der Waals surface area (Å²) < 4.78 is 5.24. The minimum Gasteiger partial charge on any atom is -0.497 e. The Hall–Kier alpha value is -2.43. The first kappa shape index (κ1) is 18.0. The van der Waals surface area contributed by atoms with Gasteiger partial charge in [-0.25, -0.2) is 9.97 Å². The van der Waals surface area contributed by atoms with Crippen LogP contribution in [0.4, 0.5) is 5.95 Å². The lowest BCUT2D eigenvalue weighted by molar-refractivity contribution is 0.0962. The molecular formula is C22H27N3O2. The van der Waals surface area contributed by atoms with Gasteiger partial charge in [-0.15, -0.1) is 0 Å². The van der Waals surface area contributed by atoms with E-state index < -0.39 is 0 Å². The third kappa shape index (κ3) is 3.68. The molecule has 0 spiro atoms. The first-order valence-electron chi connectivity index (χ1n) is 9.81. The standard InChI is InChI=1S/C22H27N3O2/c1-14-8-15(2)13-25(12-14)22-23-11-19-20(24-22)9-17(10-21(19)26)16-4-6-18(27-3)7-5-16/h4-7,11,14-15,17H,8-10,12-13H2,1-3H3. The van der Waals surface area contributed by atoms with E-state index >= 15 is 0 Å². The summed E-state index contributed by atoms with van der Waals surface area (Å²) >= 11 is 0. The number of anilines is 1. The summed E-state index contributed by atoms with van der Waals surface area (Å²) in [5.41, 5.74) is 2.75. The van der Waals surface area contributed by atoms with Gasteiger partial charge in [0.25, 0.3) is 0 Å². The maximum absolute atomic E-state index is 12.7. The van der Waals surface area contributed by atoms with E-state index in [4.69, 9.17) is 9.72 Å². The zero-order valence-electron chi connectivity index (χ0n) is 16.3. The highest BCUT2D eigenvalue weighted by Crippen LogP contribution is 2.33. The van der Waals surface area contributed by atoms with Gasteiger partial charge in [-0.2, -0.15) is 0 Å². The van der Waals surface area contributed by atoms with E-state index in [0.717, 1.165) is 42.5 Å². The average Bonchev–Trinajstić information content (AvgIpc) is 2.67. The number of ether oxygens (including phenoxy) is 1. The van der Waals surface area contributed by atoms with Crippen LogP contribution in [0, 0.1) is 11.8 Å². The number of aromatic nitrogens is 2. The number of ketones is 1. The fourth-order valence-corrected chi connectivity index (χ4v) is 4.52. The number of carbonyl (C=O) groups is 1. The summed E-state index contributed by atoms with van der Waals surface area (Å²) in [6, 6.07) is 8.02. The largest absolute Gasteiger partial charge is 0.497 e. The van der Waals surface area contributed by atoms with E-state index in [1.807, 2.05) is 12.1 Å². The Morgan fingerprint density at radius 3 is 2.44 bits per heavy atom. The number of hydrogen-bond acceptors (Lipinski definition) is 5. The first-order valence-corrected chi connectivity index (χ1v) is 9.81. The van der Waals surface area contributed by atoms with Crippen LogP contribution in [0.3, 0.4) is 0 Å². The highest BCUT2D eigenvalue weighted by atomic mass is 16.5. The lowest BCUT2D eigenvalue weighted by Gasteiger charge is -2.35. The third-order valence-electron chi connectivity index (χ3n) is 5.77. The molecule has 2 aliphatic rings. The van der Waals surface area contributed by atoms with E-state index in [1.54, 1.807) is 13.3 Å². The van der Waals surface area contributed by atoms with Crippen molar-refractivity contribution in [2.75, 3.05) is 25.1 Å². The molecule has 1 fully saturated rings. The fourth-order valence-electron chi connectivity index (χ4n) is 4.52. The number of methoxy groups -OCH3 is 1. The van der Waals surface area contributed by atoms with E-state index in [-0.39, 0.29) is 11.7 Å². The predicted molar refractivity (Wildman–Crippen MR) is 106 cm³/mol. The second-order valence-corrected chi connectivity index (χ2v) is 8.18. The van der Waals surface area contributed by atoms with E-state index in [9.17, 15) is 4.79 Å². The van der Waals surface area contributed by atoms with Crippen molar-refractivity contribution in [1.82, 2.24) is 9.97 Å². The van der Waals surface area contributed by atoms with Crippen molar-refractivity contribution in [3.05, 3.63) is 47.3 Å². The van der Waals surface area contributed by atoms with Gasteiger partial charge in [-0.3, -0.25) is 4.79 Å². The van der Waals surface area contributed by atoms with Crippen LogP contribution in [0.5, 0.6) is 5.75 Å². The van der Waals surface area contributed by atoms with E-state index in [0.29, 0.717) is 23.8 Å². The Morgan fingerprint density at radius 1 is 1.07 bits per heavy atom. The van der Waals surface area contributed by atoms with Gasteiger partial charge < -0.3 is 9.64 Å². The second kappa shape index (κ2) is 7.29. The lowest BCUT2D eigenvalue weighted by Crippen LogP contribution is -2.40. The molecule has 1 aromatic heterocycles. The Labute approximate surface area is 160 Å². The number of nitrogens with zero attached hydrogens (tertiary/aromatic N) is 3. The van der Waals surface area contributed by atoms with Crippen molar-refractivity contribution >= 4 is 11.7 Å². The summed E-state index contributed by atoms with van der Waals surface area (Å²) in [4.78, 5) is 24.3. The quantitative estimate of drug-likeness (QED) is 0.826. The van der Waals surface area contributed by atoms with Crippen LogP contribution < -0.4 is 9.64 Å². The number of Topliss-reactive ketones (excluding diaryl/α,β-unsaturated/α-hetero) is 1. The maximum atomic E-state index is 12.7. The van der Waals surface area contributed by atoms with Gasteiger partial charge in [0.05, 0.1) is 18.4 Å². The molecule has 3 atom stereocenters. The van der Waals surface area contributed by atoms with Gasteiger partial charge in [0.15, 0.2) is 5.78 Å². The molecule has 0 bridgehead atoms. The van der Waals surface area contributed by atoms with Crippen LogP contribution >= 0.6 is 0 Å². The smallest absolute Gasteiger partial charge is 0.225 e. The number of fused-ring (bicyclic) bond motifs is 1. The maximum Gasteiger partial charge on any atom is 0.225 e. The number of piperidine rings is 1. The topological polar surface area (TPSA) is 55.3 Å². The number of rotatable bonds is 3. The van der Waals surface area contributed by atoms with Crippen molar-refractivity contribution in [3.8, 4) is 5.75 Å². The van der Waals surface area contributed by atoms with Gasteiger partial charge in [0.1, 0.15) is 5.75 Å². The molecule has 4 rings (SSSR count). The molecule has 5 heteroatoms. The molecule has 1 aliphatic carbocycles. The number of carbonyl (C=O) groups excluding carboxylic acids is 1. The molecule has 0 N–H and O–H groups in total. The average molecular weight is 365 g/mol. The molecule has 0 amide bonds. The molecule has 2 heterocycles. The normalized spacial score (nSPS) is 25.2. The Bertz CT molecular complexity index is 824. The van der Waals surface area contributed by atoms with E-state index in [2.05, 4.69) is 35.9 Å². The van der Waals surface area contributed by atoms with Gasteiger partial charge in [-0.05, 0) is 48.3 Å². The zero-order chi connectivity index (χ0) is 19.0. The molecule has 5 nitrogen and oxygen atoms in total. The summed E-state index contributed by atoms with van der Waals surface area (Å²) in [5, 5.41) is 0. The van der Waals surface area contributed by atoms with Crippen molar-refractivity contribution in [2.45, 2.75) is 39.0 Å². The van der Waals surface area contributed by atoms with Crippen LogP contribution in [-0.2, 0) is 6.42 Å². The van der Waals surface area contributed by atoms with Gasteiger partial charge in [0, 0.05) is 25.7 Å². The summed E-state index contributed by atoms with van der Waals surface area (Å²) in [5.74, 6) is 3.19. The third-order valence-corrected chi connectivity index (χ3v) is 5.77. The summed E-state index contributed by atoms with van der Waals surface area (Å²) in [6.45, 7) is 6.53.